The Morgan fingerprint density at radius 1 is 1.71 bits per heavy atom. The summed E-state index contributed by atoms with van der Waals surface area (Å²) in [6.07, 6.45) is 0. The Balaban J connectivity index is 3.13. The molecule has 0 aromatic carbocycles. The first-order valence-corrected chi connectivity index (χ1v) is 6.52. The molecule has 2 nitrogen and oxygen atoms in total. The van der Waals surface area contributed by atoms with Crippen LogP contribution in [-0.2, 0) is 4.79 Å². The normalized spacial score (nSPS) is 9.57. The van der Waals surface area contributed by atoms with Gasteiger partial charge in [-0.25, -0.2) is 0 Å². The molecule has 0 spiro atoms. The van der Waals surface area contributed by atoms with Gasteiger partial charge in [0, 0.05) is 0 Å². The maximum absolute atomic E-state index is 9.84. The summed E-state index contributed by atoms with van der Waals surface area (Å²) in [5, 5.41) is 8.52. The molecule has 0 saturated heterocycles. The van der Waals surface area contributed by atoms with Gasteiger partial charge in [0.1, 0.15) is 0 Å². The number of aliphatic carboxylic acids is 1. The molecule has 1 N–H and O–H groups in total. The van der Waals surface area contributed by atoms with Gasteiger partial charge in [0.05, 0.1) is 0 Å². The minimum atomic E-state index is -0.718. The molecule has 0 aliphatic carbocycles. The van der Waals surface area contributed by atoms with Gasteiger partial charge in [-0.2, -0.15) is 0 Å². The fraction of sp³-hybridized carbons (Fsp3) is 0.750. The van der Waals surface area contributed by atoms with Crippen molar-refractivity contribution in [2.24, 2.45) is 0 Å². The van der Waals surface area contributed by atoms with E-state index in [9.17, 15) is 4.79 Å². The van der Waals surface area contributed by atoms with Crippen LogP contribution in [0.4, 0.5) is 0 Å². The Bertz CT molecular complexity index is 70.1. The van der Waals surface area contributed by atoms with Gasteiger partial charge < -0.3 is 0 Å². The third-order valence-electron chi connectivity index (χ3n) is 0.412. The fourth-order valence-corrected chi connectivity index (χ4v) is 1.28. The van der Waals surface area contributed by atoms with E-state index in [1.54, 1.807) is 0 Å². The van der Waals surface area contributed by atoms with Crippen LogP contribution in [0.25, 0.3) is 0 Å². The molecule has 0 aliphatic heterocycles. The molecule has 0 saturated carbocycles. The summed E-state index contributed by atoms with van der Waals surface area (Å²) < 4.78 is 0. The van der Waals surface area contributed by atoms with Gasteiger partial charge in [0.15, 0.2) is 0 Å². The van der Waals surface area contributed by atoms with Gasteiger partial charge in [0.2, 0.25) is 0 Å². The Kier molecular flexibility index (Phi) is 3.05. The zero-order valence-electron chi connectivity index (χ0n) is 4.47. The topological polar surface area (TPSA) is 37.3 Å². The monoisotopic (exact) mass is 169 g/mol. The first-order valence-electron chi connectivity index (χ1n) is 1.89. The van der Waals surface area contributed by atoms with Crippen LogP contribution >= 0.6 is 0 Å². The van der Waals surface area contributed by atoms with E-state index in [0.717, 1.165) is 0 Å². The van der Waals surface area contributed by atoms with Crippen molar-refractivity contribution in [2.75, 3.05) is 0 Å². The maximum atomic E-state index is 9.84. The molecule has 0 fully saturated rings. The number of carbonyl (C=O) groups is 1. The van der Waals surface area contributed by atoms with Crippen molar-refractivity contribution in [1.82, 2.24) is 0 Å². The molecule has 0 atom stereocenters. The summed E-state index contributed by atoms with van der Waals surface area (Å²) in [7, 11) is 0. The Morgan fingerprint density at radius 3 is 2.14 bits per heavy atom. The minimum absolute atomic E-state index is 0.403. The molecule has 7 heavy (non-hydrogen) atoms. The number of carboxylic acid groups (broad SMARTS) is 1. The standard InChI is InChI=1S/C4H8O2Se/c1-7(2)3-4(5)6/h3H2,1-2H3/p+1. The van der Waals surface area contributed by atoms with Crippen LogP contribution in [0.1, 0.15) is 0 Å². The third kappa shape index (κ3) is 5.99. The van der Waals surface area contributed by atoms with Gasteiger partial charge in [-0.15, -0.1) is 0 Å². The number of rotatable bonds is 2. The Hall–Kier alpha value is -0.0105. The molecule has 0 unspecified atom stereocenters. The number of hydrogen-bond donors (Lipinski definition) is 1. The van der Waals surface area contributed by atoms with E-state index in [4.69, 9.17) is 5.11 Å². The van der Waals surface area contributed by atoms with E-state index in [1.165, 1.54) is 0 Å². The number of hydrogen-bond acceptors (Lipinski definition) is 1. The summed E-state index contributed by atoms with van der Waals surface area (Å²) in [6, 6.07) is 0. The second-order valence-corrected chi connectivity index (χ2v) is 6.27. The van der Waals surface area contributed by atoms with Crippen molar-refractivity contribution in [3.05, 3.63) is 0 Å². The van der Waals surface area contributed by atoms with Crippen molar-refractivity contribution < 1.29 is 9.90 Å². The van der Waals surface area contributed by atoms with E-state index in [-0.39, 0.29) is 0 Å². The van der Waals surface area contributed by atoms with Crippen molar-refractivity contribution in [1.29, 1.82) is 0 Å². The summed E-state index contributed by atoms with van der Waals surface area (Å²) >= 11 is -0.718. The van der Waals surface area contributed by atoms with Crippen LogP contribution in [0.2, 0.25) is 17.0 Å². The van der Waals surface area contributed by atoms with E-state index in [0.29, 0.717) is 5.32 Å². The van der Waals surface area contributed by atoms with Crippen LogP contribution in [0.3, 0.4) is 0 Å². The Morgan fingerprint density at radius 2 is 2.14 bits per heavy atom. The van der Waals surface area contributed by atoms with E-state index in [1.807, 2.05) is 11.6 Å². The van der Waals surface area contributed by atoms with Gasteiger partial charge in [0.25, 0.3) is 0 Å². The van der Waals surface area contributed by atoms with Crippen LogP contribution in [-0.4, -0.2) is 25.0 Å². The van der Waals surface area contributed by atoms with Crippen LogP contribution in [0, 0.1) is 0 Å². The molecule has 0 radical (unpaired) electrons. The van der Waals surface area contributed by atoms with E-state index in [2.05, 4.69) is 0 Å². The summed E-state index contributed by atoms with van der Waals surface area (Å²) in [4.78, 5) is 9.84. The van der Waals surface area contributed by atoms with Gasteiger partial charge in [-0.1, -0.05) is 0 Å². The predicted molar refractivity (Wildman–Crippen MR) is 29.9 cm³/mol. The quantitative estimate of drug-likeness (QED) is 0.620. The van der Waals surface area contributed by atoms with Crippen LogP contribution in [0.15, 0.2) is 0 Å². The van der Waals surface area contributed by atoms with Gasteiger partial charge >= 0.3 is 46.7 Å². The van der Waals surface area contributed by atoms with Gasteiger partial charge in [-0.05, 0) is 0 Å². The first kappa shape index (κ1) is 6.99. The molecule has 0 aromatic rings. The van der Waals surface area contributed by atoms with Crippen molar-refractivity contribution in [3.63, 3.8) is 0 Å². The zero-order valence-corrected chi connectivity index (χ0v) is 6.18. The number of carboxylic acids is 1. The summed E-state index contributed by atoms with van der Waals surface area (Å²) in [5.74, 6) is 3.36. The third-order valence-corrected chi connectivity index (χ3v) is 2.14. The second-order valence-electron chi connectivity index (χ2n) is 1.52. The molecule has 0 aliphatic rings. The van der Waals surface area contributed by atoms with Gasteiger partial charge in [-0.3, -0.25) is 0 Å². The molecule has 3 heteroatoms. The molecular formula is C4H9O2Se+. The first-order chi connectivity index (χ1) is 3.13. The van der Waals surface area contributed by atoms with Crippen molar-refractivity contribution in [3.8, 4) is 0 Å². The fourth-order valence-electron chi connectivity index (χ4n) is 0.247. The van der Waals surface area contributed by atoms with Crippen LogP contribution < -0.4 is 0 Å². The van der Waals surface area contributed by atoms with E-state index >= 15 is 0 Å². The molecule has 0 aromatic heterocycles. The van der Waals surface area contributed by atoms with Crippen LogP contribution in [0.5, 0.6) is 0 Å². The zero-order chi connectivity index (χ0) is 5.86. The average molecular weight is 168 g/mol. The Labute approximate surface area is 47.4 Å². The van der Waals surface area contributed by atoms with Crippen molar-refractivity contribution in [2.45, 2.75) is 17.0 Å². The molecular weight excluding hydrogens is 159 g/mol. The average Bonchev–Trinajstić information content (AvgIpc) is 1.27. The summed E-state index contributed by atoms with van der Waals surface area (Å²) in [6.45, 7) is 0. The SMILES string of the molecule is C[Se+](C)CC(=O)O. The molecule has 0 bridgehead atoms. The molecule has 0 amide bonds. The van der Waals surface area contributed by atoms with E-state index < -0.39 is 19.9 Å². The van der Waals surface area contributed by atoms with Crippen molar-refractivity contribution >= 4 is 19.9 Å². The summed E-state index contributed by atoms with van der Waals surface area (Å²) in [5.41, 5.74) is 0. The predicted octanol–water partition coefficient (Wildman–Crippen LogP) is 0.825. The molecule has 0 heterocycles. The molecule has 0 rings (SSSR count). The second kappa shape index (κ2) is 3.05. The molecule has 42 valence electrons.